The van der Waals surface area contributed by atoms with Crippen molar-refractivity contribution in [2.24, 2.45) is 5.92 Å². The summed E-state index contributed by atoms with van der Waals surface area (Å²) in [6.07, 6.45) is 10.1. The monoisotopic (exact) mass is 565 g/mol. The highest BCUT2D eigenvalue weighted by molar-refractivity contribution is 7.89. The fourth-order valence-corrected chi connectivity index (χ4v) is 8.52. The summed E-state index contributed by atoms with van der Waals surface area (Å²) < 4.78 is 29.8. The summed E-state index contributed by atoms with van der Waals surface area (Å²) in [5, 5.41) is 2.81. The van der Waals surface area contributed by atoms with E-state index in [1.165, 1.54) is 0 Å². The van der Waals surface area contributed by atoms with E-state index in [2.05, 4.69) is 5.32 Å². The van der Waals surface area contributed by atoms with Crippen LogP contribution in [0.25, 0.3) is 0 Å². The molecule has 5 rings (SSSR count). The van der Waals surface area contributed by atoms with Crippen LogP contribution in [0.2, 0.25) is 0 Å². The molecule has 1 atom stereocenters. The van der Waals surface area contributed by atoms with Crippen LogP contribution in [0.5, 0.6) is 0 Å². The minimum absolute atomic E-state index is 0.0349. The van der Waals surface area contributed by atoms with Gasteiger partial charge in [0.2, 0.25) is 15.9 Å². The SMILES string of the molecule is CC(C)C(C(=O)Nc1ccc(S(=O)(=O)N(C2CCCCC2)C2CCCCC2)cc1)N1C(=O)c2ccccc2C1=O. The quantitative estimate of drug-likeness (QED) is 0.420. The van der Waals surface area contributed by atoms with Gasteiger partial charge in [-0.1, -0.05) is 64.5 Å². The maximum absolute atomic E-state index is 14.0. The highest BCUT2D eigenvalue weighted by Gasteiger charge is 2.44. The summed E-state index contributed by atoms with van der Waals surface area (Å²) in [4.78, 5) is 40.8. The highest BCUT2D eigenvalue weighted by atomic mass is 32.2. The number of imide groups is 1. The second kappa shape index (κ2) is 11.8. The molecule has 0 aromatic heterocycles. The summed E-state index contributed by atoms with van der Waals surface area (Å²) in [5.41, 5.74) is 0.995. The molecule has 1 aliphatic heterocycles. The predicted molar refractivity (Wildman–Crippen MR) is 153 cm³/mol. The Morgan fingerprint density at radius 3 is 1.73 bits per heavy atom. The molecule has 1 heterocycles. The molecule has 0 saturated heterocycles. The fourth-order valence-electron chi connectivity index (χ4n) is 6.59. The molecule has 1 unspecified atom stereocenters. The van der Waals surface area contributed by atoms with Crippen molar-refractivity contribution < 1.29 is 22.8 Å². The number of benzene rings is 2. The van der Waals surface area contributed by atoms with E-state index in [0.29, 0.717) is 16.8 Å². The lowest BCUT2D eigenvalue weighted by molar-refractivity contribution is -0.121. The van der Waals surface area contributed by atoms with Crippen LogP contribution >= 0.6 is 0 Å². The van der Waals surface area contributed by atoms with Gasteiger partial charge in [-0.15, -0.1) is 0 Å². The molecule has 3 amide bonds. The van der Waals surface area contributed by atoms with Gasteiger partial charge in [0, 0.05) is 17.8 Å². The molecular weight excluding hydrogens is 526 g/mol. The van der Waals surface area contributed by atoms with Crippen LogP contribution in [0.3, 0.4) is 0 Å². The van der Waals surface area contributed by atoms with Crippen molar-refractivity contribution in [2.75, 3.05) is 5.32 Å². The molecule has 40 heavy (non-hydrogen) atoms. The molecule has 0 radical (unpaired) electrons. The maximum Gasteiger partial charge on any atom is 0.262 e. The number of fused-ring (bicyclic) bond motifs is 1. The van der Waals surface area contributed by atoms with E-state index in [0.717, 1.165) is 69.1 Å². The second-order valence-corrected chi connectivity index (χ2v) is 13.5. The van der Waals surface area contributed by atoms with E-state index in [9.17, 15) is 22.8 Å². The van der Waals surface area contributed by atoms with Crippen molar-refractivity contribution in [2.45, 2.75) is 101 Å². The number of carbonyl (C=O) groups excluding carboxylic acids is 3. The summed E-state index contributed by atoms with van der Waals surface area (Å²) in [7, 11) is -3.71. The van der Waals surface area contributed by atoms with Gasteiger partial charge in [0.1, 0.15) is 6.04 Å². The van der Waals surface area contributed by atoms with Crippen LogP contribution < -0.4 is 5.32 Å². The van der Waals surface area contributed by atoms with Crippen molar-refractivity contribution in [3.63, 3.8) is 0 Å². The Bertz CT molecular complexity index is 1310. The van der Waals surface area contributed by atoms with Crippen LogP contribution in [-0.2, 0) is 14.8 Å². The third kappa shape index (κ3) is 5.46. The number of hydrogen-bond donors (Lipinski definition) is 1. The molecule has 3 aliphatic rings. The number of amides is 3. The Morgan fingerprint density at radius 1 is 0.800 bits per heavy atom. The molecule has 0 bridgehead atoms. The zero-order chi connectivity index (χ0) is 28.4. The Labute approximate surface area is 237 Å². The van der Waals surface area contributed by atoms with E-state index in [4.69, 9.17) is 0 Å². The van der Waals surface area contributed by atoms with Crippen molar-refractivity contribution in [1.29, 1.82) is 0 Å². The van der Waals surface area contributed by atoms with Crippen LogP contribution in [0.4, 0.5) is 5.69 Å². The minimum Gasteiger partial charge on any atom is -0.324 e. The minimum atomic E-state index is -3.71. The number of sulfonamides is 1. The zero-order valence-corrected chi connectivity index (χ0v) is 24.2. The molecule has 2 fully saturated rings. The van der Waals surface area contributed by atoms with Gasteiger partial charge in [-0.05, 0) is 68.0 Å². The first-order valence-electron chi connectivity index (χ1n) is 14.6. The second-order valence-electron chi connectivity index (χ2n) is 11.6. The number of nitrogens with zero attached hydrogens (tertiary/aromatic N) is 2. The standard InChI is InChI=1S/C31H39N3O5S/c1-21(2)28(33-30(36)26-15-9-10-16-27(26)31(33)37)29(35)32-22-17-19-25(20-18-22)40(38,39)34(23-11-5-3-6-12-23)24-13-7-4-8-14-24/h9-10,15-21,23-24,28H,3-8,11-14H2,1-2H3,(H,32,35). The van der Waals surface area contributed by atoms with Crippen LogP contribution in [0, 0.1) is 5.92 Å². The third-order valence-corrected chi connectivity index (χ3v) is 10.6. The van der Waals surface area contributed by atoms with E-state index in [-0.39, 0.29) is 22.9 Å². The molecule has 2 aromatic carbocycles. The molecule has 2 aliphatic carbocycles. The topological polar surface area (TPSA) is 104 Å². The first-order chi connectivity index (χ1) is 19.2. The largest absolute Gasteiger partial charge is 0.324 e. The molecule has 0 spiro atoms. The van der Waals surface area contributed by atoms with E-state index in [1.54, 1.807) is 62.4 Å². The van der Waals surface area contributed by atoms with Crippen LogP contribution in [-0.4, -0.2) is 53.5 Å². The fraction of sp³-hybridized carbons (Fsp3) is 0.516. The number of anilines is 1. The lowest BCUT2D eigenvalue weighted by atomic mass is 9.91. The Kier molecular flexibility index (Phi) is 8.42. The summed E-state index contributed by atoms with van der Waals surface area (Å²) in [6.45, 7) is 3.57. The van der Waals surface area contributed by atoms with Crippen molar-refractivity contribution in [3.05, 3.63) is 59.7 Å². The van der Waals surface area contributed by atoms with Gasteiger partial charge in [-0.2, -0.15) is 4.31 Å². The Morgan fingerprint density at radius 2 is 1.27 bits per heavy atom. The molecule has 2 aromatic rings. The number of carbonyl (C=O) groups is 3. The number of hydrogen-bond acceptors (Lipinski definition) is 5. The Hall–Kier alpha value is -3.04. The zero-order valence-electron chi connectivity index (χ0n) is 23.3. The first kappa shape index (κ1) is 28.5. The third-order valence-electron chi connectivity index (χ3n) is 8.57. The van der Waals surface area contributed by atoms with Gasteiger partial charge >= 0.3 is 0 Å². The van der Waals surface area contributed by atoms with Crippen molar-refractivity contribution >= 4 is 33.4 Å². The first-order valence-corrected chi connectivity index (χ1v) is 16.1. The van der Waals surface area contributed by atoms with Gasteiger partial charge in [0.15, 0.2) is 0 Å². The van der Waals surface area contributed by atoms with Gasteiger partial charge in [-0.3, -0.25) is 19.3 Å². The lowest BCUT2D eigenvalue weighted by Crippen LogP contribution is -2.50. The van der Waals surface area contributed by atoms with Crippen LogP contribution in [0.1, 0.15) is 98.8 Å². The molecular formula is C31H39N3O5S. The average Bonchev–Trinajstić information content (AvgIpc) is 3.20. The molecule has 214 valence electrons. The van der Waals surface area contributed by atoms with Crippen molar-refractivity contribution in [1.82, 2.24) is 9.21 Å². The summed E-state index contributed by atoms with van der Waals surface area (Å²) >= 11 is 0. The van der Waals surface area contributed by atoms with Gasteiger partial charge in [0.25, 0.3) is 11.8 Å². The molecule has 1 N–H and O–H groups in total. The maximum atomic E-state index is 14.0. The molecule has 8 nitrogen and oxygen atoms in total. The van der Waals surface area contributed by atoms with Crippen LogP contribution in [0.15, 0.2) is 53.4 Å². The normalized spacial score (nSPS) is 19.8. The highest BCUT2D eigenvalue weighted by Crippen LogP contribution is 2.35. The van der Waals surface area contributed by atoms with Gasteiger partial charge < -0.3 is 5.32 Å². The Balaban J connectivity index is 1.35. The van der Waals surface area contributed by atoms with E-state index >= 15 is 0 Å². The number of nitrogens with one attached hydrogen (secondary N) is 1. The predicted octanol–water partition coefficient (Wildman–Crippen LogP) is 5.60. The summed E-state index contributed by atoms with van der Waals surface area (Å²) in [6, 6.07) is 11.9. The summed E-state index contributed by atoms with van der Waals surface area (Å²) in [5.74, 6) is -1.80. The van der Waals surface area contributed by atoms with E-state index < -0.39 is 33.8 Å². The lowest BCUT2D eigenvalue weighted by Gasteiger charge is -2.40. The molecule has 9 heteroatoms. The van der Waals surface area contributed by atoms with Gasteiger partial charge in [0.05, 0.1) is 16.0 Å². The number of rotatable bonds is 8. The van der Waals surface area contributed by atoms with Gasteiger partial charge in [-0.25, -0.2) is 8.42 Å². The van der Waals surface area contributed by atoms with Crippen molar-refractivity contribution in [3.8, 4) is 0 Å². The van der Waals surface area contributed by atoms with E-state index in [1.807, 2.05) is 4.31 Å². The smallest absolute Gasteiger partial charge is 0.262 e. The molecule has 2 saturated carbocycles. The average molecular weight is 566 g/mol.